The Morgan fingerprint density at radius 3 is 2.88 bits per heavy atom. The summed E-state index contributed by atoms with van der Waals surface area (Å²) in [6, 6.07) is 4.46. The van der Waals surface area contributed by atoms with Gasteiger partial charge in [-0.2, -0.15) is 5.26 Å². The van der Waals surface area contributed by atoms with Crippen LogP contribution in [0.4, 0.5) is 5.82 Å². The number of morpholine rings is 1. The van der Waals surface area contributed by atoms with Crippen molar-refractivity contribution in [3.63, 3.8) is 0 Å². The fourth-order valence-electron chi connectivity index (χ4n) is 4.35. The van der Waals surface area contributed by atoms with Gasteiger partial charge in [-0.15, -0.1) is 0 Å². The maximum atomic E-state index is 9.65. The lowest BCUT2D eigenvalue weighted by Gasteiger charge is -2.48. The number of aromatic nitrogens is 1. The van der Waals surface area contributed by atoms with Gasteiger partial charge >= 0.3 is 0 Å². The molecule has 1 aromatic heterocycles. The molecule has 1 aliphatic carbocycles. The highest BCUT2D eigenvalue weighted by Gasteiger charge is 2.41. The van der Waals surface area contributed by atoms with Gasteiger partial charge in [0.2, 0.25) is 0 Å². The Bertz CT molecular complexity index is 661. The summed E-state index contributed by atoms with van der Waals surface area (Å²) in [6.45, 7) is 5.23. The smallest absolute Gasteiger partial charge is 0.147 e. The van der Waals surface area contributed by atoms with E-state index in [1.54, 1.807) is 0 Å². The third-order valence-electron chi connectivity index (χ3n) is 5.51. The fourth-order valence-corrected chi connectivity index (χ4v) is 4.35. The summed E-state index contributed by atoms with van der Waals surface area (Å²) < 4.78 is 11.8. The summed E-state index contributed by atoms with van der Waals surface area (Å²) in [5.74, 6) is 0.860. The minimum atomic E-state index is -0.153. The van der Waals surface area contributed by atoms with Crippen molar-refractivity contribution in [3.05, 3.63) is 22.9 Å². The minimum Gasteiger partial charge on any atom is -0.381 e. The molecule has 0 bridgehead atoms. The molecule has 3 aliphatic rings. The zero-order chi connectivity index (χ0) is 16.6. The molecule has 0 saturated carbocycles. The zero-order valence-corrected chi connectivity index (χ0v) is 14.4. The Morgan fingerprint density at radius 2 is 2.08 bits per heavy atom. The Hall–Kier alpha value is -1.64. The summed E-state index contributed by atoms with van der Waals surface area (Å²) in [4.78, 5) is 7.22. The van der Waals surface area contributed by atoms with E-state index in [-0.39, 0.29) is 11.7 Å². The molecule has 2 fully saturated rings. The summed E-state index contributed by atoms with van der Waals surface area (Å²) in [5, 5.41) is 9.65. The number of anilines is 1. The van der Waals surface area contributed by atoms with Gasteiger partial charge in [-0.1, -0.05) is 0 Å². The highest BCUT2D eigenvalue weighted by molar-refractivity contribution is 5.57. The number of hydrogen-bond acceptors (Lipinski definition) is 5. The SMILES string of the molecule is CC1CN(c2nc3c(cc2C#N)CCCC3)CC2(CCOCC2)O1. The lowest BCUT2D eigenvalue weighted by Crippen LogP contribution is -2.57. The average Bonchev–Trinajstić information content (AvgIpc) is 2.60. The summed E-state index contributed by atoms with van der Waals surface area (Å²) in [7, 11) is 0. The molecule has 3 heterocycles. The molecule has 128 valence electrons. The van der Waals surface area contributed by atoms with Gasteiger partial charge in [0.1, 0.15) is 11.9 Å². The minimum absolute atomic E-state index is 0.140. The van der Waals surface area contributed by atoms with Gasteiger partial charge in [-0.3, -0.25) is 0 Å². The number of nitrogens with zero attached hydrogens (tertiary/aromatic N) is 3. The van der Waals surface area contributed by atoms with Crippen molar-refractivity contribution in [2.45, 2.75) is 57.2 Å². The maximum absolute atomic E-state index is 9.65. The van der Waals surface area contributed by atoms with Crippen molar-refractivity contribution in [1.29, 1.82) is 5.26 Å². The van der Waals surface area contributed by atoms with Crippen LogP contribution in [0.1, 0.15) is 49.4 Å². The van der Waals surface area contributed by atoms with E-state index in [9.17, 15) is 5.26 Å². The normalized spacial score (nSPS) is 26.0. The van der Waals surface area contributed by atoms with Crippen molar-refractivity contribution in [2.75, 3.05) is 31.2 Å². The molecular formula is C19H25N3O2. The molecule has 2 saturated heterocycles. The van der Waals surface area contributed by atoms with Crippen LogP contribution in [-0.4, -0.2) is 43.0 Å². The second-order valence-corrected chi connectivity index (χ2v) is 7.39. The van der Waals surface area contributed by atoms with Crippen molar-refractivity contribution in [2.24, 2.45) is 0 Å². The van der Waals surface area contributed by atoms with E-state index in [4.69, 9.17) is 14.5 Å². The molecule has 0 radical (unpaired) electrons. The van der Waals surface area contributed by atoms with Gasteiger partial charge in [0.25, 0.3) is 0 Å². The number of rotatable bonds is 1. The van der Waals surface area contributed by atoms with Crippen LogP contribution in [0.15, 0.2) is 6.07 Å². The first-order chi connectivity index (χ1) is 11.7. The van der Waals surface area contributed by atoms with Crippen molar-refractivity contribution in [3.8, 4) is 6.07 Å². The first kappa shape index (κ1) is 15.9. The van der Waals surface area contributed by atoms with Crippen LogP contribution in [0.2, 0.25) is 0 Å². The topological polar surface area (TPSA) is 58.4 Å². The molecule has 0 N–H and O–H groups in total. The van der Waals surface area contributed by atoms with Crippen LogP contribution in [0.5, 0.6) is 0 Å². The van der Waals surface area contributed by atoms with Crippen LogP contribution < -0.4 is 4.90 Å². The van der Waals surface area contributed by atoms with Gasteiger partial charge in [0, 0.05) is 44.8 Å². The number of ether oxygens (including phenoxy) is 2. The molecule has 5 nitrogen and oxygen atoms in total. The van der Waals surface area contributed by atoms with Crippen molar-refractivity contribution in [1.82, 2.24) is 4.98 Å². The Balaban J connectivity index is 1.68. The largest absolute Gasteiger partial charge is 0.381 e. The first-order valence-corrected chi connectivity index (χ1v) is 9.12. The van der Waals surface area contributed by atoms with Crippen LogP contribution >= 0.6 is 0 Å². The molecule has 24 heavy (non-hydrogen) atoms. The van der Waals surface area contributed by atoms with Gasteiger partial charge in [0.05, 0.1) is 17.3 Å². The predicted octanol–water partition coefficient (Wildman–Crippen LogP) is 2.61. The molecule has 0 aromatic carbocycles. The van der Waals surface area contributed by atoms with Crippen molar-refractivity contribution < 1.29 is 9.47 Å². The number of nitriles is 1. The van der Waals surface area contributed by atoms with E-state index in [1.165, 1.54) is 24.1 Å². The summed E-state index contributed by atoms with van der Waals surface area (Å²) in [5.41, 5.74) is 3.02. The fraction of sp³-hybridized carbons (Fsp3) is 0.684. The van der Waals surface area contributed by atoms with E-state index < -0.39 is 0 Å². The van der Waals surface area contributed by atoms with Gasteiger partial charge in [-0.05, 0) is 44.2 Å². The molecule has 1 atom stereocenters. The second-order valence-electron chi connectivity index (χ2n) is 7.39. The molecule has 1 unspecified atom stereocenters. The molecular weight excluding hydrogens is 302 g/mol. The van der Waals surface area contributed by atoms with E-state index in [2.05, 4.69) is 24.0 Å². The molecule has 1 aromatic rings. The van der Waals surface area contributed by atoms with Crippen LogP contribution in [0.3, 0.4) is 0 Å². The molecule has 2 aliphatic heterocycles. The molecule has 0 amide bonds. The summed E-state index contributed by atoms with van der Waals surface area (Å²) in [6.07, 6.45) is 6.47. The Labute approximate surface area is 143 Å². The predicted molar refractivity (Wildman–Crippen MR) is 91.1 cm³/mol. The van der Waals surface area contributed by atoms with Crippen LogP contribution in [0, 0.1) is 11.3 Å². The number of hydrogen-bond donors (Lipinski definition) is 0. The van der Waals surface area contributed by atoms with E-state index in [0.717, 1.165) is 57.8 Å². The standard InChI is InChI=1S/C19H25N3O2/c1-14-12-22(13-19(24-14)6-8-23-9-7-19)18-16(11-20)10-15-4-2-3-5-17(15)21-18/h10,14H,2-9,12-13H2,1H3. The third-order valence-corrected chi connectivity index (χ3v) is 5.51. The van der Waals surface area contributed by atoms with E-state index in [0.29, 0.717) is 5.56 Å². The number of aryl methyl sites for hydroxylation is 2. The summed E-state index contributed by atoms with van der Waals surface area (Å²) >= 11 is 0. The lowest BCUT2D eigenvalue weighted by atomic mass is 9.90. The molecule has 4 rings (SSSR count). The van der Waals surface area contributed by atoms with Crippen LogP contribution in [0.25, 0.3) is 0 Å². The van der Waals surface area contributed by atoms with Gasteiger partial charge in [0.15, 0.2) is 0 Å². The van der Waals surface area contributed by atoms with Crippen LogP contribution in [-0.2, 0) is 22.3 Å². The highest BCUT2D eigenvalue weighted by Crippen LogP contribution is 2.35. The zero-order valence-electron chi connectivity index (χ0n) is 14.4. The molecule has 1 spiro atoms. The molecule has 5 heteroatoms. The Kier molecular flexibility index (Phi) is 4.19. The number of pyridine rings is 1. The maximum Gasteiger partial charge on any atom is 0.147 e. The van der Waals surface area contributed by atoms with Crippen molar-refractivity contribution >= 4 is 5.82 Å². The second kappa shape index (κ2) is 6.34. The number of fused-ring (bicyclic) bond motifs is 1. The van der Waals surface area contributed by atoms with Gasteiger partial charge < -0.3 is 14.4 Å². The average molecular weight is 327 g/mol. The monoisotopic (exact) mass is 327 g/mol. The Morgan fingerprint density at radius 1 is 1.29 bits per heavy atom. The quantitative estimate of drug-likeness (QED) is 0.793. The third kappa shape index (κ3) is 2.89. The first-order valence-electron chi connectivity index (χ1n) is 9.12. The van der Waals surface area contributed by atoms with E-state index >= 15 is 0 Å². The highest BCUT2D eigenvalue weighted by atomic mass is 16.5. The van der Waals surface area contributed by atoms with E-state index in [1.807, 2.05) is 0 Å². The lowest BCUT2D eigenvalue weighted by molar-refractivity contribution is -0.145. The van der Waals surface area contributed by atoms with Gasteiger partial charge in [-0.25, -0.2) is 4.98 Å².